The fourth-order valence-electron chi connectivity index (χ4n) is 3.20. The lowest BCUT2D eigenvalue weighted by Crippen LogP contribution is -2.19. The van der Waals surface area contributed by atoms with Gasteiger partial charge in [0.1, 0.15) is 5.82 Å². The molecule has 2 N–H and O–H groups in total. The van der Waals surface area contributed by atoms with Crippen LogP contribution in [0.25, 0.3) is 11.1 Å². The van der Waals surface area contributed by atoms with Crippen LogP contribution in [0, 0.1) is 37.9 Å². The zero-order valence-corrected chi connectivity index (χ0v) is 16.7. The number of aryl methyl sites for hydroxylation is 3. The molecule has 0 aromatic heterocycles. The number of benzene rings is 2. The average molecular weight is 391 g/mol. The Morgan fingerprint density at radius 1 is 1.19 bits per heavy atom. The molecule has 0 saturated carbocycles. The van der Waals surface area contributed by atoms with Gasteiger partial charge >= 0.3 is 5.97 Å². The van der Waals surface area contributed by atoms with Crippen molar-refractivity contribution in [2.75, 3.05) is 6.61 Å². The SMILES string of the molecule is CCOC(=O)CC(N)c1cc(-c2c(C)cc(C#N)cc2C)cc(C)c1F.Cl. The van der Waals surface area contributed by atoms with Crippen LogP contribution in [0.4, 0.5) is 4.39 Å². The molecule has 0 saturated heterocycles. The molecule has 2 rings (SSSR count). The van der Waals surface area contributed by atoms with E-state index in [4.69, 9.17) is 15.7 Å². The first-order valence-electron chi connectivity index (χ1n) is 8.51. The summed E-state index contributed by atoms with van der Waals surface area (Å²) in [6, 6.07) is 8.41. The molecular weight excluding hydrogens is 367 g/mol. The molecule has 27 heavy (non-hydrogen) atoms. The van der Waals surface area contributed by atoms with Crippen LogP contribution >= 0.6 is 12.4 Å². The van der Waals surface area contributed by atoms with Crippen molar-refractivity contribution < 1.29 is 13.9 Å². The van der Waals surface area contributed by atoms with Gasteiger partial charge in [-0.1, -0.05) is 0 Å². The number of nitrogens with two attached hydrogens (primary N) is 1. The Kier molecular flexibility index (Phi) is 7.96. The predicted molar refractivity (Wildman–Crippen MR) is 106 cm³/mol. The number of carbonyl (C=O) groups excluding carboxylic acids is 1. The highest BCUT2D eigenvalue weighted by Crippen LogP contribution is 2.33. The fourth-order valence-corrected chi connectivity index (χ4v) is 3.20. The molecule has 0 bridgehead atoms. The maximum absolute atomic E-state index is 14.6. The number of hydrogen-bond acceptors (Lipinski definition) is 4. The van der Waals surface area contributed by atoms with E-state index in [0.29, 0.717) is 11.1 Å². The zero-order chi connectivity index (χ0) is 19.4. The van der Waals surface area contributed by atoms with Crippen LogP contribution in [0.2, 0.25) is 0 Å². The summed E-state index contributed by atoms with van der Waals surface area (Å²) in [7, 11) is 0. The van der Waals surface area contributed by atoms with Gasteiger partial charge in [0.15, 0.2) is 0 Å². The fraction of sp³-hybridized carbons (Fsp3) is 0.333. The number of hydrogen-bond donors (Lipinski definition) is 1. The Labute approximate surface area is 165 Å². The molecular formula is C21H24ClFN2O2. The Bertz CT molecular complexity index is 867. The molecule has 0 radical (unpaired) electrons. The number of nitrogens with zero attached hydrogens (tertiary/aromatic N) is 1. The molecule has 0 amide bonds. The highest BCUT2D eigenvalue weighted by Gasteiger charge is 2.20. The van der Waals surface area contributed by atoms with Crippen LogP contribution in [0.15, 0.2) is 24.3 Å². The van der Waals surface area contributed by atoms with E-state index in [1.54, 1.807) is 38.1 Å². The Morgan fingerprint density at radius 3 is 2.30 bits per heavy atom. The van der Waals surface area contributed by atoms with Crippen molar-refractivity contribution in [1.82, 2.24) is 0 Å². The van der Waals surface area contributed by atoms with E-state index in [-0.39, 0.29) is 31.0 Å². The smallest absolute Gasteiger partial charge is 0.307 e. The summed E-state index contributed by atoms with van der Waals surface area (Å²) >= 11 is 0. The van der Waals surface area contributed by atoms with Crippen LogP contribution < -0.4 is 5.73 Å². The number of ether oxygens (including phenoxy) is 1. The van der Waals surface area contributed by atoms with E-state index in [9.17, 15) is 9.18 Å². The van der Waals surface area contributed by atoms with Gasteiger partial charge in [-0.3, -0.25) is 4.79 Å². The van der Waals surface area contributed by atoms with E-state index >= 15 is 0 Å². The number of carbonyl (C=O) groups is 1. The highest BCUT2D eigenvalue weighted by molar-refractivity contribution is 5.85. The van der Waals surface area contributed by atoms with E-state index in [1.807, 2.05) is 13.8 Å². The average Bonchev–Trinajstić information content (AvgIpc) is 2.57. The Balaban J connectivity index is 0.00000364. The summed E-state index contributed by atoms with van der Waals surface area (Å²) in [6.45, 7) is 7.48. The van der Waals surface area contributed by atoms with Gasteiger partial charge in [-0.05, 0) is 79.8 Å². The molecule has 1 unspecified atom stereocenters. The Hall–Kier alpha value is -2.42. The summed E-state index contributed by atoms with van der Waals surface area (Å²) in [5.74, 6) is -0.859. The summed E-state index contributed by atoms with van der Waals surface area (Å²) in [4.78, 5) is 11.7. The van der Waals surface area contributed by atoms with E-state index in [1.165, 1.54) is 0 Å². The Morgan fingerprint density at radius 2 is 1.78 bits per heavy atom. The zero-order valence-electron chi connectivity index (χ0n) is 15.9. The van der Waals surface area contributed by atoms with Gasteiger partial charge in [0.2, 0.25) is 0 Å². The topological polar surface area (TPSA) is 76.1 Å². The van der Waals surface area contributed by atoms with Gasteiger partial charge in [-0.2, -0.15) is 5.26 Å². The van der Waals surface area contributed by atoms with E-state index in [0.717, 1.165) is 22.3 Å². The predicted octanol–water partition coefficient (Wildman–Crippen LogP) is 4.66. The molecule has 0 aliphatic rings. The summed E-state index contributed by atoms with van der Waals surface area (Å²) in [6.07, 6.45) is -0.0843. The maximum atomic E-state index is 14.6. The van der Waals surface area contributed by atoms with Crippen LogP contribution in [0.5, 0.6) is 0 Å². The van der Waals surface area contributed by atoms with Crippen LogP contribution in [-0.2, 0) is 9.53 Å². The van der Waals surface area contributed by atoms with Gasteiger partial charge in [0.25, 0.3) is 0 Å². The molecule has 0 spiro atoms. The standard InChI is InChI=1S/C21H23FN2O2.ClH/c1-5-26-19(25)10-18(24)17-9-16(8-14(4)21(17)22)20-12(2)6-15(11-23)7-13(20)3;/h6-9,18H,5,10,24H2,1-4H3;1H. The van der Waals surface area contributed by atoms with Gasteiger partial charge in [0.05, 0.1) is 24.7 Å². The van der Waals surface area contributed by atoms with Crippen molar-refractivity contribution in [3.05, 3.63) is 57.9 Å². The number of halogens is 2. The third kappa shape index (κ3) is 5.06. The summed E-state index contributed by atoms with van der Waals surface area (Å²) < 4.78 is 19.5. The number of nitriles is 1. The second-order valence-corrected chi connectivity index (χ2v) is 6.41. The van der Waals surface area contributed by atoms with Gasteiger partial charge in [-0.15, -0.1) is 12.4 Å². The second kappa shape index (κ2) is 9.50. The monoisotopic (exact) mass is 390 g/mol. The molecule has 4 nitrogen and oxygen atoms in total. The largest absolute Gasteiger partial charge is 0.466 e. The van der Waals surface area contributed by atoms with Crippen molar-refractivity contribution in [2.45, 2.75) is 40.2 Å². The number of esters is 1. The normalized spacial score (nSPS) is 11.3. The molecule has 0 heterocycles. The van der Waals surface area contributed by atoms with Crippen molar-refractivity contribution >= 4 is 18.4 Å². The lowest BCUT2D eigenvalue weighted by molar-refractivity contribution is -0.143. The van der Waals surface area contributed by atoms with Crippen molar-refractivity contribution in [2.24, 2.45) is 5.73 Å². The minimum absolute atomic E-state index is 0. The quantitative estimate of drug-likeness (QED) is 0.753. The summed E-state index contributed by atoms with van der Waals surface area (Å²) in [5, 5.41) is 9.11. The van der Waals surface area contributed by atoms with Gasteiger partial charge in [0, 0.05) is 11.6 Å². The first-order valence-corrected chi connectivity index (χ1v) is 8.51. The van der Waals surface area contributed by atoms with E-state index < -0.39 is 17.8 Å². The third-order valence-corrected chi connectivity index (χ3v) is 4.32. The summed E-state index contributed by atoms with van der Waals surface area (Å²) in [5.41, 5.74) is 11.0. The lowest BCUT2D eigenvalue weighted by Gasteiger charge is -2.18. The third-order valence-electron chi connectivity index (χ3n) is 4.32. The molecule has 0 aliphatic carbocycles. The lowest BCUT2D eigenvalue weighted by atomic mass is 9.90. The number of rotatable bonds is 5. The molecule has 1 atom stereocenters. The molecule has 2 aromatic carbocycles. The van der Waals surface area contributed by atoms with E-state index in [2.05, 4.69) is 6.07 Å². The highest BCUT2D eigenvalue weighted by atomic mass is 35.5. The van der Waals surface area contributed by atoms with Crippen LogP contribution in [0.1, 0.15) is 47.2 Å². The van der Waals surface area contributed by atoms with Gasteiger partial charge in [-0.25, -0.2) is 4.39 Å². The van der Waals surface area contributed by atoms with Crippen molar-refractivity contribution in [3.63, 3.8) is 0 Å². The second-order valence-electron chi connectivity index (χ2n) is 6.41. The first-order chi connectivity index (χ1) is 12.3. The van der Waals surface area contributed by atoms with Gasteiger partial charge < -0.3 is 10.5 Å². The van der Waals surface area contributed by atoms with Crippen LogP contribution in [0.3, 0.4) is 0 Å². The van der Waals surface area contributed by atoms with Crippen molar-refractivity contribution in [1.29, 1.82) is 5.26 Å². The molecule has 0 aliphatic heterocycles. The maximum Gasteiger partial charge on any atom is 0.307 e. The first kappa shape index (κ1) is 22.6. The molecule has 0 fully saturated rings. The van der Waals surface area contributed by atoms with Crippen LogP contribution in [-0.4, -0.2) is 12.6 Å². The molecule has 2 aromatic rings. The minimum atomic E-state index is -0.785. The van der Waals surface area contributed by atoms with Crippen molar-refractivity contribution in [3.8, 4) is 17.2 Å². The minimum Gasteiger partial charge on any atom is -0.466 e. The molecule has 144 valence electrons. The molecule has 6 heteroatoms.